The van der Waals surface area contributed by atoms with E-state index >= 15 is 0 Å². The van der Waals surface area contributed by atoms with Gasteiger partial charge in [0.15, 0.2) is 5.65 Å². The summed E-state index contributed by atoms with van der Waals surface area (Å²) in [5, 5.41) is 3.97. The normalized spacial score (nSPS) is 23.5. The van der Waals surface area contributed by atoms with Gasteiger partial charge in [0.1, 0.15) is 17.1 Å². The summed E-state index contributed by atoms with van der Waals surface area (Å²) in [5.41, 5.74) is 9.61. The number of aromatic amines is 1. The van der Waals surface area contributed by atoms with Crippen molar-refractivity contribution in [2.45, 2.75) is 19.0 Å². The number of pyridine rings is 1. The SMILES string of the molecule is COc1cc(CN(C)C)ccc1-c1nc2ncc(Cl)c(N[C@H]3[C@@H](C(N)=O)[C@@H]4C=C[C@@H]3C4)c2[nH]1. The number of anilines is 1. The van der Waals surface area contributed by atoms with Gasteiger partial charge in [-0.2, -0.15) is 0 Å². The fourth-order valence-corrected chi connectivity index (χ4v) is 5.37. The third-order valence-corrected chi connectivity index (χ3v) is 6.88. The van der Waals surface area contributed by atoms with Crippen LogP contribution in [0.1, 0.15) is 12.0 Å². The summed E-state index contributed by atoms with van der Waals surface area (Å²) in [6, 6.07) is 5.95. The number of nitrogens with one attached hydrogen (secondary N) is 2. The summed E-state index contributed by atoms with van der Waals surface area (Å²) in [6.45, 7) is 0.807. The van der Waals surface area contributed by atoms with Crippen LogP contribution in [0.4, 0.5) is 5.69 Å². The minimum atomic E-state index is -0.293. The topological polar surface area (TPSA) is 109 Å². The molecule has 4 N–H and O–H groups in total. The summed E-state index contributed by atoms with van der Waals surface area (Å²) in [7, 11) is 5.70. The molecule has 0 aliphatic heterocycles. The van der Waals surface area contributed by atoms with Crippen molar-refractivity contribution in [1.82, 2.24) is 19.9 Å². The highest BCUT2D eigenvalue weighted by Crippen LogP contribution is 2.46. The Hall–Kier alpha value is -3.10. The Morgan fingerprint density at radius 1 is 1.33 bits per heavy atom. The number of methoxy groups -OCH3 is 1. The highest BCUT2D eigenvalue weighted by Gasteiger charge is 2.47. The average molecular weight is 467 g/mol. The third kappa shape index (κ3) is 3.83. The molecule has 0 saturated heterocycles. The number of nitrogens with two attached hydrogens (primary N) is 1. The lowest BCUT2D eigenvalue weighted by atomic mass is 9.88. The fourth-order valence-electron chi connectivity index (χ4n) is 5.17. The van der Waals surface area contributed by atoms with Crippen molar-refractivity contribution in [3.8, 4) is 17.1 Å². The molecule has 1 fully saturated rings. The number of benzene rings is 1. The van der Waals surface area contributed by atoms with Gasteiger partial charge in [-0.15, -0.1) is 0 Å². The van der Waals surface area contributed by atoms with Crippen LogP contribution in [0, 0.1) is 17.8 Å². The van der Waals surface area contributed by atoms with E-state index in [0.717, 1.165) is 29.8 Å². The predicted molar refractivity (Wildman–Crippen MR) is 129 cm³/mol. The van der Waals surface area contributed by atoms with Crippen LogP contribution in [0.15, 0.2) is 36.5 Å². The molecule has 0 radical (unpaired) electrons. The maximum atomic E-state index is 12.2. The average Bonchev–Trinajstić information content (AvgIpc) is 3.49. The van der Waals surface area contributed by atoms with Crippen LogP contribution in [0.3, 0.4) is 0 Å². The minimum absolute atomic E-state index is 0.118. The highest BCUT2D eigenvalue weighted by atomic mass is 35.5. The van der Waals surface area contributed by atoms with Crippen molar-refractivity contribution in [2.75, 3.05) is 26.5 Å². The molecule has 4 atom stereocenters. The van der Waals surface area contributed by atoms with E-state index < -0.39 is 0 Å². The highest BCUT2D eigenvalue weighted by molar-refractivity contribution is 6.34. The third-order valence-electron chi connectivity index (χ3n) is 6.59. The summed E-state index contributed by atoms with van der Waals surface area (Å²) >= 11 is 6.56. The first-order valence-electron chi connectivity index (χ1n) is 11.0. The number of nitrogens with zero attached hydrogens (tertiary/aromatic N) is 3. The van der Waals surface area contributed by atoms with Gasteiger partial charge in [-0.05, 0) is 50.0 Å². The number of rotatable bonds is 7. The molecular formula is C24H27ClN6O2. The first kappa shape index (κ1) is 21.7. The largest absolute Gasteiger partial charge is 0.496 e. The maximum absolute atomic E-state index is 12.2. The molecule has 1 saturated carbocycles. The number of H-pyrrole nitrogens is 1. The number of hydrogen-bond acceptors (Lipinski definition) is 6. The molecule has 1 amide bonds. The molecule has 3 aromatic rings. The molecule has 1 aromatic carbocycles. The van der Waals surface area contributed by atoms with E-state index in [1.165, 1.54) is 0 Å². The number of fused-ring (bicyclic) bond motifs is 3. The van der Waals surface area contributed by atoms with Crippen LogP contribution in [0.2, 0.25) is 5.02 Å². The zero-order valence-corrected chi connectivity index (χ0v) is 19.6. The number of imidazole rings is 1. The number of ether oxygens (including phenoxy) is 1. The van der Waals surface area contributed by atoms with E-state index in [9.17, 15) is 4.79 Å². The van der Waals surface area contributed by atoms with Crippen molar-refractivity contribution in [3.63, 3.8) is 0 Å². The van der Waals surface area contributed by atoms with Crippen molar-refractivity contribution >= 4 is 34.4 Å². The van der Waals surface area contributed by atoms with Crippen LogP contribution < -0.4 is 15.8 Å². The second-order valence-electron chi connectivity index (χ2n) is 9.08. The Bertz CT molecular complexity index is 1250. The van der Waals surface area contributed by atoms with Gasteiger partial charge in [0, 0.05) is 12.6 Å². The Morgan fingerprint density at radius 2 is 2.12 bits per heavy atom. The van der Waals surface area contributed by atoms with Gasteiger partial charge in [0.05, 0.1) is 35.5 Å². The van der Waals surface area contributed by atoms with Gasteiger partial charge >= 0.3 is 0 Å². The van der Waals surface area contributed by atoms with Crippen LogP contribution in [-0.2, 0) is 11.3 Å². The van der Waals surface area contributed by atoms with Crippen molar-refractivity contribution in [2.24, 2.45) is 23.5 Å². The molecule has 8 nitrogen and oxygen atoms in total. The number of primary amides is 1. The number of carbonyl (C=O) groups excluding carboxylic acids is 1. The Balaban J connectivity index is 1.53. The van der Waals surface area contributed by atoms with E-state index in [0.29, 0.717) is 27.7 Å². The lowest BCUT2D eigenvalue weighted by Crippen LogP contribution is -2.41. The predicted octanol–water partition coefficient (Wildman–Crippen LogP) is 3.44. The fraction of sp³-hybridized carbons (Fsp3) is 0.375. The van der Waals surface area contributed by atoms with Crippen LogP contribution in [-0.4, -0.2) is 53.0 Å². The molecule has 2 aliphatic rings. The first-order valence-corrected chi connectivity index (χ1v) is 11.3. The molecule has 0 spiro atoms. The Labute approximate surface area is 197 Å². The molecular weight excluding hydrogens is 440 g/mol. The molecule has 33 heavy (non-hydrogen) atoms. The second kappa shape index (κ2) is 8.35. The lowest BCUT2D eigenvalue weighted by molar-refractivity contribution is -0.122. The Kier molecular flexibility index (Phi) is 5.50. The molecule has 0 unspecified atom stereocenters. The standard InChI is InChI=1S/C24H27ClN6O2/c1-31(2)11-12-4-7-15(17(8-12)33-3)23-29-21-20(16(25)10-27-24(21)30-23)28-19-14-6-5-13(9-14)18(19)22(26)32/h4-8,10,13-14,18-19H,9,11H2,1-3H3,(H2,26,32)(H2,27,28,29,30)/t13-,14-,18+,19-/m1/s1. The quantitative estimate of drug-likeness (QED) is 0.460. The van der Waals surface area contributed by atoms with Gasteiger partial charge in [-0.25, -0.2) is 9.97 Å². The molecule has 2 aromatic heterocycles. The van der Waals surface area contributed by atoms with Crippen LogP contribution in [0.5, 0.6) is 5.75 Å². The summed E-state index contributed by atoms with van der Waals surface area (Å²) < 4.78 is 5.65. The zero-order chi connectivity index (χ0) is 23.3. The van der Waals surface area contributed by atoms with Gasteiger partial charge in [-0.3, -0.25) is 4.79 Å². The summed E-state index contributed by atoms with van der Waals surface area (Å²) in [4.78, 5) is 26.7. The zero-order valence-electron chi connectivity index (χ0n) is 18.8. The van der Waals surface area contributed by atoms with E-state index in [-0.39, 0.29) is 29.7 Å². The summed E-state index contributed by atoms with van der Waals surface area (Å²) in [5.74, 6) is 1.20. The van der Waals surface area contributed by atoms with Crippen LogP contribution in [0.25, 0.3) is 22.6 Å². The van der Waals surface area contributed by atoms with Gasteiger partial charge in [0.25, 0.3) is 0 Å². The molecule has 9 heteroatoms. The van der Waals surface area contributed by atoms with Gasteiger partial charge in [0.2, 0.25) is 5.91 Å². The Morgan fingerprint density at radius 3 is 2.85 bits per heavy atom. The second-order valence-corrected chi connectivity index (χ2v) is 9.49. The number of allylic oxidation sites excluding steroid dienone is 1. The van der Waals surface area contributed by atoms with Gasteiger partial charge in [-0.1, -0.05) is 29.8 Å². The monoisotopic (exact) mass is 466 g/mol. The van der Waals surface area contributed by atoms with E-state index in [4.69, 9.17) is 27.1 Å². The first-order chi connectivity index (χ1) is 15.9. The molecule has 2 heterocycles. The molecule has 5 rings (SSSR count). The summed E-state index contributed by atoms with van der Waals surface area (Å²) in [6.07, 6.45) is 6.76. The van der Waals surface area contributed by atoms with Crippen LogP contribution >= 0.6 is 11.6 Å². The van der Waals surface area contributed by atoms with E-state index in [2.05, 4.69) is 38.4 Å². The number of halogens is 1. The number of aromatic nitrogens is 3. The molecule has 2 aliphatic carbocycles. The molecule has 2 bridgehead atoms. The lowest BCUT2D eigenvalue weighted by Gasteiger charge is -2.28. The number of hydrogen-bond donors (Lipinski definition) is 3. The van der Waals surface area contributed by atoms with Crippen molar-refractivity contribution < 1.29 is 9.53 Å². The smallest absolute Gasteiger partial charge is 0.223 e. The van der Waals surface area contributed by atoms with Crippen molar-refractivity contribution in [3.05, 3.63) is 47.1 Å². The van der Waals surface area contributed by atoms with Crippen molar-refractivity contribution in [1.29, 1.82) is 0 Å². The van der Waals surface area contributed by atoms with Gasteiger partial charge < -0.3 is 25.7 Å². The molecule has 172 valence electrons. The van der Waals surface area contributed by atoms with E-state index in [1.54, 1.807) is 13.3 Å². The number of amides is 1. The minimum Gasteiger partial charge on any atom is -0.496 e. The van der Waals surface area contributed by atoms with E-state index in [1.807, 2.05) is 26.2 Å². The number of carbonyl (C=O) groups is 1. The maximum Gasteiger partial charge on any atom is 0.223 e.